The lowest BCUT2D eigenvalue weighted by Crippen LogP contribution is -2.39. The zero-order chi connectivity index (χ0) is 22.7. The largest absolute Gasteiger partial charge is 0.332 e. The van der Waals surface area contributed by atoms with Gasteiger partial charge in [-0.1, -0.05) is 42.0 Å². The third kappa shape index (κ3) is 2.85. The second-order valence-electron chi connectivity index (χ2n) is 8.51. The first kappa shape index (κ1) is 20.1. The van der Waals surface area contributed by atoms with Crippen molar-refractivity contribution in [2.75, 3.05) is 0 Å². The average molecular weight is 428 g/mol. The highest BCUT2D eigenvalue weighted by Crippen LogP contribution is 2.24. The van der Waals surface area contributed by atoms with Crippen LogP contribution >= 0.6 is 0 Å². The first-order valence-electron chi connectivity index (χ1n) is 10.6. The van der Waals surface area contributed by atoms with Gasteiger partial charge in [0.2, 0.25) is 5.78 Å². The van der Waals surface area contributed by atoms with E-state index in [1.54, 1.807) is 11.4 Å². The Morgan fingerprint density at radius 3 is 2.41 bits per heavy atom. The van der Waals surface area contributed by atoms with Gasteiger partial charge in [0.15, 0.2) is 11.2 Å². The molecule has 7 heteroatoms. The van der Waals surface area contributed by atoms with Crippen molar-refractivity contribution in [3.05, 3.63) is 97.4 Å². The van der Waals surface area contributed by atoms with Crippen molar-refractivity contribution >= 4 is 16.9 Å². The lowest BCUT2D eigenvalue weighted by atomic mass is 10.1. The fraction of sp³-hybridized carbons (Fsp3) is 0.240. The zero-order valence-electron chi connectivity index (χ0n) is 18.9. The molecule has 162 valence electrons. The van der Waals surface area contributed by atoms with Gasteiger partial charge in [0.1, 0.15) is 0 Å². The first-order chi connectivity index (χ1) is 15.3. The lowest BCUT2D eigenvalue weighted by molar-refractivity contribution is 0.654. The van der Waals surface area contributed by atoms with Crippen LogP contribution in [0.15, 0.2) is 58.3 Å². The van der Waals surface area contributed by atoms with E-state index in [-0.39, 0.29) is 17.8 Å². The van der Waals surface area contributed by atoms with Gasteiger partial charge >= 0.3 is 5.69 Å². The second-order valence-corrected chi connectivity index (χ2v) is 8.51. The molecule has 32 heavy (non-hydrogen) atoms. The molecule has 0 fully saturated rings. The second kappa shape index (κ2) is 7.09. The van der Waals surface area contributed by atoms with Crippen LogP contribution in [0.4, 0.5) is 0 Å². The van der Waals surface area contributed by atoms with Crippen molar-refractivity contribution in [1.29, 1.82) is 0 Å². The predicted molar refractivity (Wildman–Crippen MR) is 126 cm³/mol. The Labute approximate surface area is 184 Å². The smallest absolute Gasteiger partial charge is 0.283 e. The van der Waals surface area contributed by atoms with Crippen LogP contribution < -0.4 is 11.2 Å². The van der Waals surface area contributed by atoms with Crippen molar-refractivity contribution in [3.63, 3.8) is 0 Å². The number of rotatable bonds is 3. The van der Waals surface area contributed by atoms with Crippen LogP contribution in [0.25, 0.3) is 22.6 Å². The van der Waals surface area contributed by atoms with E-state index in [1.807, 2.05) is 48.9 Å². The molecular formula is C25H25N5O2. The summed E-state index contributed by atoms with van der Waals surface area (Å²) in [4.78, 5) is 31.4. The van der Waals surface area contributed by atoms with Gasteiger partial charge in [-0.05, 0) is 50.5 Å². The van der Waals surface area contributed by atoms with Crippen LogP contribution in [0.5, 0.6) is 0 Å². The van der Waals surface area contributed by atoms with Gasteiger partial charge < -0.3 is 0 Å². The van der Waals surface area contributed by atoms with Crippen molar-refractivity contribution in [2.45, 2.75) is 34.2 Å². The van der Waals surface area contributed by atoms with Gasteiger partial charge in [0.05, 0.1) is 12.2 Å². The van der Waals surface area contributed by atoms with Crippen LogP contribution in [-0.4, -0.2) is 23.1 Å². The molecule has 0 bridgehead atoms. The summed E-state index contributed by atoms with van der Waals surface area (Å²) >= 11 is 0. The summed E-state index contributed by atoms with van der Waals surface area (Å²) in [5.41, 5.74) is 6.32. The average Bonchev–Trinajstić information content (AvgIpc) is 3.26. The monoisotopic (exact) mass is 427 g/mol. The molecular weight excluding hydrogens is 402 g/mol. The third-order valence-electron chi connectivity index (χ3n) is 6.21. The molecule has 0 unspecified atom stereocenters. The van der Waals surface area contributed by atoms with Gasteiger partial charge in [-0.3, -0.25) is 22.9 Å². The molecule has 3 aromatic heterocycles. The van der Waals surface area contributed by atoms with E-state index in [1.165, 1.54) is 14.7 Å². The van der Waals surface area contributed by atoms with Crippen LogP contribution in [-0.2, 0) is 13.6 Å². The van der Waals surface area contributed by atoms with Gasteiger partial charge in [0, 0.05) is 18.9 Å². The topological polar surface area (TPSA) is 66.2 Å². The lowest BCUT2D eigenvalue weighted by Gasteiger charge is -2.10. The molecule has 5 rings (SSSR count). The van der Waals surface area contributed by atoms with Crippen LogP contribution in [0, 0.1) is 27.7 Å². The van der Waals surface area contributed by atoms with E-state index < -0.39 is 0 Å². The molecule has 0 spiro atoms. The number of imidazole rings is 2. The van der Waals surface area contributed by atoms with E-state index in [2.05, 4.69) is 32.0 Å². The minimum absolute atomic E-state index is 0.220. The minimum Gasteiger partial charge on any atom is -0.283 e. The predicted octanol–water partition coefficient (Wildman–Crippen LogP) is 3.42. The molecule has 0 aliphatic carbocycles. The molecule has 5 aromatic rings. The molecule has 2 aromatic carbocycles. The molecule has 0 aliphatic heterocycles. The highest BCUT2D eigenvalue weighted by Gasteiger charge is 2.21. The quantitative estimate of drug-likeness (QED) is 0.443. The first-order valence-corrected chi connectivity index (χ1v) is 10.6. The van der Waals surface area contributed by atoms with Crippen molar-refractivity contribution in [3.8, 4) is 5.69 Å². The summed E-state index contributed by atoms with van der Waals surface area (Å²) in [7, 11) is 1.67. The SMILES string of the molecule is Cc1ccc(-n2c(C)cn3c4c(=O)n(Cc5ccccc5C)c(=O)n(C)c4nc23)c(C)c1. The number of hydrogen-bond donors (Lipinski definition) is 0. The number of aromatic nitrogens is 5. The maximum Gasteiger partial charge on any atom is 0.332 e. The van der Waals surface area contributed by atoms with Gasteiger partial charge in [0.25, 0.3) is 5.56 Å². The molecule has 0 saturated heterocycles. The Bertz CT molecular complexity index is 1650. The molecule has 0 aliphatic rings. The van der Waals surface area contributed by atoms with Gasteiger partial charge in [-0.25, -0.2) is 4.79 Å². The standard InChI is InChI=1S/C25H25N5O2/c1-15-10-11-20(17(3)12-15)30-18(4)13-28-21-22(26-24(28)30)27(5)25(32)29(23(21)31)14-19-9-7-6-8-16(19)2/h6-13H,14H2,1-5H3. The van der Waals surface area contributed by atoms with E-state index in [9.17, 15) is 9.59 Å². The van der Waals surface area contributed by atoms with Gasteiger partial charge in [-0.15, -0.1) is 0 Å². The Kier molecular flexibility index (Phi) is 4.44. The summed E-state index contributed by atoms with van der Waals surface area (Å²) in [6.45, 7) is 8.32. The maximum absolute atomic E-state index is 13.5. The molecule has 7 nitrogen and oxygen atoms in total. The molecule has 0 saturated carbocycles. The summed E-state index contributed by atoms with van der Waals surface area (Å²) < 4.78 is 6.59. The van der Waals surface area contributed by atoms with E-state index in [0.29, 0.717) is 16.9 Å². The Hall–Kier alpha value is -3.87. The Morgan fingerprint density at radius 2 is 1.69 bits per heavy atom. The highest BCUT2D eigenvalue weighted by molar-refractivity contribution is 5.76. The number of aryl methyl sites for hydroxylation is 5. The fourth-order valence-electron chi connectivity index (χ4n) is 4.46. The van der Waals surface area contributed by atoms with E-state index in [4.69, 9.17) is 4.98 Å². The highest BCUT2D eigenvalue weighted by atomic mass is 16.2. The summed E-state index contributed by atoms with van der Waals surface area (Å²) in [6.07, 6.45) is 1.91. The zero-order valence-corrected chi connectivity index (χ0v) is 18.9. The van der Waals surface area contributed by atoms with Crippen LogP contribution in [0.1, 0.15) is 27.9 Å². The number of nitrogens with zero attached hydrogens (tertiary/aromatic N) is 5. The summed E-state index contributed by atoms with van der Waals surface area (Å²) in [5, 5.41) is 0. The van der Waals surface area contributed by atoms with Crippen molar-refractivity contribution < 1.29 is 0 Å². The molecule has 0 radical (unpaired) electrons. The Balaban J connectivity index is 1.81. The number of benzene rings is 2. The van der Waals surface area contributed by atoms with Crippen molar-refractivity contribution in [1.82, 2.24) is 23.1 Å². The molecule has 0 N–H and O–H groups in total. The maximum atomic E-state index is 13.5. The molecule has 0 amide bonds. The normalized spacial score (nSPS) is 11.7. The summed E-state index contributed by atoms with van der Waals surface area (Å²) in [5.74, 6) is 0.616. The number of hydrogen-bond acceptors (Lipinski definition) is 3. The molecule has 3 heterocycles. The summed E-state index contributed by atoms with van der Waals surface area (Å²) in [6, 6.07) is 14.0. The van der Waals surface area contributed by atoms with E-state index >= 15 is 0 Å². The van der Waals surface area contributed by atoms with E-state index in [0.717, 1.165) is 28.1 Å². The van der Waals surface area contributed by atoms with Gasteiger partial charge in [-0.2, -0.15) is 4.98 Å². The van der Waals surface area contributed by atoms with Crippen LogP contribution in [0.3, 0.4) is 0 Å². The van der Waals surface area contributed by atoms with Crippen LogP contribution in [0.2, 0.25) is 0 Å². The number of fused-ring (bicyclic) bond motifs is 3. The van der Waals surface area contributed by atoms with Crippen molar-refractivity contribution in [2.24, 2.45) is 7.05 Å². The minimum atomic E-state index is -0.374. The fourth-order valence-corrected chi connectivity index (χ4v) is 4.46. The Morgan fingerprint density at radius 1 is 0.938 bits per heavy atom. The third-order valence-corrected chi connectivity index (χ3v) is 6.21. The molecule has 0 atom stereocenters.